The highest BCUT2D eigenvalue weighted by atomic mass is 19.1. The van der Waals surface area contributed by atoms with Crippen molar-refractivity contribution in [1.82, 2.24) is 10.2 Å². The zero-order valence-electron chi connectivity index (χ0n) is 18.5. The summed E-state index contributed by atoms with van der Waals surface area (Å²) < 4.78 is 23.9. The number of methoxy groups -OCH3 is 2. The molecule has 1 fully saturated rings. The molecular weight excluding hydrogens is 441 g/mol. The van der Waals surface area contributed by atoms with Gasteiger partial charge in [-0.2, -0.15) is 0 Å². The van der Waals surface area contributed by atoms with Gasteiger partial charge in [0, 0.05) is 5.69 Å². The van der Waals surface area contributed by atoms with Gasteiger partial charge in [-0.15, -0.1) is 0 Å². The average Bonchev–Trinajstić information content (AvgIpc) is 3.09. The summed E-state index contributed by atoms with van der Waals surface area (Å²) in [6.07, 6.45) is 0. The van der Waals surface area contributed by atoms with Crippen molar-refractivity contribution in [3.05, 3.63) is 89.7 Å². The monoisotopic (exact) mass is 463 g/mol. The minimum absolute atomic E-state index is 0.216. The van der Waals surface area contributed by atoms with Gasteiger partial charge in [0.15, 0.2) is 5.54 Å². The molecular formula is C25H22FN3O5. The molecule has 0 atom stereocenters. The highest BCUT2D eigenvalue weighted by Gasteiger charge is 2.54. The molecule has 174 valence electrons. The van der Waals surface area contributed by atoms with Gasteiger partial charge in [-0.05, 0) is 53.6 Å². The van der Waals surface area contributed by atoms with Crippen LogP contribution in [-0.2, 0) is 15.1 Å². The maximum atomic E-state index is 13.7. The fourth-order valence-corrected chi connectivity index (χ4v) is 3.87. The fraction of sp³-hybridized carbons (Fsp3) is 0.160. The van der Waals surface area contributed by atoms with Crippen LogP contribution in [0.2, 0.25) is 0 Å². The predicted octanol–water partition coefficient (Wildman–Crippen LogP) is 3.28. The van der Waals surface area contributed by atoms with Crippen molar-refractivity contribution in [1.29, 1.82) is 0 Å². The van der Waals surface area contributed by atoms with Gasteiger partial charge in [0.1, 0.15) is 23.9 Å². The van der Waals surface area contributed by atoms with Crippen molar-refractivity contribution in [2.45, 2.75) is 5.54 Å². The number of nitrogens with zero attached hydrogens (tertiary/aromatic N) is 1. The molecule has 8 nitrogen and oxygen atoms in total. The van der Waals surface area contributed by atoms with Crippen molar-refractivity contribution in [3.63, 3.8) is 0 Å². The van der Waals surface area contributed by atoms with E-state index in [-0.39, 0.29) is 5.69 Å². The number of nitrogens with one attached hydrogen (secondary N) is 2. The van der Waals surface area contributed by atoms with Gasteiger partial charge in [-0.1, -0.05) is 30.3 Å². The molecule has 0 bridgehead atoms. The summed E-state index contributed by atoms with van der Waals surface area (Å²) in [6.45, 7) is -0.546. The predicted molar refractivity (Wildman–Crippen MR) is 122 cm³/mol. The molecule has 34 heavy (non-hydrogen) atoms. The molecule has 0 saturated carbocycles. The molecule has 1 heterocycles. The first-order valence-corrected chi connectivity index (χ1v) is 10.4. The van der Waals surface area contributed by atoms with E-state index < -0.39 is 35.7 Å². The van der Waals surface area contributed by atoms with Crippen LogP contribution in [0.3, 0.4) is 0 Å². The number of amides is 4. The number of rotatable bonds is 7. The van der Waals surface area contributed by atoms with E-state index in [0.29, 0.717) is 22.6 Å². The number of halogens is 1. The molecule has 0 aromatic heterocycles. The zero-order valence-corrected chi connectivity index (χ0v) is 18.5. The van der Waals surface area contributed by atoms with Gasteiger partial charge in [0.05, 0.1) is 14.2 Å². The number of anilines is 1. The number of carbonyl (C=O) groups is 3. The second-order valence-corrected chi connectivity index (χ2v) is 7.59. The van der Waals surface area contributed by atoms with Gasteiger partial charge in [-0.25, -0.2) is 9.18 Å². The molecule has 9 heteroatoms. The molecule has 3 aromatic carbocycles. The fourth-order valence-electron chi connectivity index (χ4n) is 3.87. The molecule has 1 aliphatic rings. The van der Waals surface area contributed by atoms with Gasteiger partial charge < -0.3 is 20.1 Å². The Balaban J connectivity index is 1.68. The largest absolute Gasteiger partial charge is 0.497 e. The van der Waals surface area contributed by atoms with Crippen LogP contribution < -0.4 is 20.1 Å². The van der Waals surface area contributed by atoms with Gasteiger partial charge in [0.25, 0.3) is 5.91 Å². The van der Waals surface area contributed by atoms with Crippen LogP contribution in [0.5, 0.6) is 11.5 Å². The lowest BCUT2D eigenvalue weighted by atomic mass is 9.82. The number of imide groups is 1. The lowest BCUT2D eigenvalue weighted by Crippen LogP contribution is -2.45. The van der Waals surface area contributed by atoms with Crippen LogP contribution in [0.1, 0.15) is 11.1 Å². The lowest BCUT2D eigenvalue weighted by molar-refractivity contribution is -0.133. The average molecular weight is 463 g/mol. The summed E-state index contributed by atoms with van der Waals surface area (Å²) in [5.74, 6) is -0.629. The van der Waals surface area contributed by atoms with Crippen LogP contribution >= 0.6 is 0 Å². The first-order chi connectivity index (χ1) is 16.4. The Hall–Kier alpha value is -4.40. The van der Waals surface area contributed by atoms with E-state index in [0.717, 1.165) is 11.0 Å². The normalized spacial score (nSPS) is 14.5. The second kappa shape index (κ2) is 9.22. The highest BCUT2D eigenvalue weighted by Crippen LogP contribution is 2.37. The molecule has 0 aliphatic carbocycles. The second-order valence-electron chi connectivity index (χ2n) is 7.59. The minimum Gasteiger partial charge on any atom is -0.497 e. The topological polar surface area (TPSA) is 97.0 Å². The van der Waals surface area contributed by atoms with Crippen LogP contribution in [0.15, 0.2) is 72.8 Å². The summed E-state index contributed by atoms with van der Waals surface area (Å²) in [5.41, 5.74) is -0.363. The Morgan fingerprint density at radius 2 is 1.50 bits per heavy atom. The van der Waals surface area contributed by atoms with Gasteiger partial charge >= 0.3 is 6.03 Å². The maximum Gasteiger partial charge on any atom is 0.326 e. The Labute approximate surface area is 195 Å². The Kier molecular flexibility index (Phi) is 6.18. The number of benzene rings is 3. The summed E-state index contributed by atoms with van der Waals surface area (Å²) in [7, 11) is 3.05. The number of hydrogen-bond donors (Lipinski definition) is 2. The molecule has 0 radical (unpaired) electrons. The summed E-state index contributed by atoms with van der Waals surface area (Å²) in [5, 5.41) is 5.27. The van der Waals surface area contributed by atoms with Crippen molar-refractivity contribution in [3.8, 4) is 11.5 Å². The van der Waals surface area contributed by atoms with E-state index >= 15 is 0 Å². The van der Waals surface area contributed by atoms with E-state index in [9.17, 15) is 18.8 Å². The summed E-state index contributed by atoms with van der Waals surface area (Å²) in [6, 6.07) is 18.0. The molecule has 1 aliphatic heterocycles. The van der Waals surface area contributed by atoms with Gasteiger partial charge in [0.2, 0.25) is 5.91 Å². The van der Waals surface area contributed by atoms with E-state index in [1.807, 2.05) is 0 Å². The number of urea groups is 1. The van der Waals surface area contributed by atoms with Crippen LogP contribution in [0.4, 0.5) is 14.9 Å². The third-order valence-corrected chi connectivity index (χ3v) is 5.56. The SMILES string of the molecule is COc1ccc(C2(c3ccc(OC)cc3)NC(=O)N(CC(=O)Nc3cccc(F)c3)C2=O)cc1. The van der Waals surface area contributed by atoms with Crippen LogP contribution in [-0.4, -0.2) is 43.5 Å². The molecule has 0 spiro atoms. The maximum absolute atomic E-state index is 13.7. The van der Waals surface area contributed by atoms with Crippen molar-refractivity contribution in [2.75, 3.05) is 26.1 Å². The number of hydrogen-bond acceptors (Lipinski definition) is 5. The summed E-state index contributed by atoms with van der Waals surface area (Å²) in [4.78, 5) is 40.1. The standard InChI is InChI=1S/C25H22FN3O5/c1-33-20-10-6-16(7-11-20)25(17-8-12-21(34-2)13-9-17)23(31)29(24(32)28-25)15-22(30)27-19-5-3-4-18(26)14-19/h3-14H,15H2,1-2H3,(H,27,30)(H,28,32). The zero-order chi connectivity index (χ0) is 24.3. The van der Waals surface area contributed by atoms with Crippen LogP contribution in [0.25, 0.3) is 0 Å². The third-order valence-electron chi connectivity index (χ3n) is 5.56. The smallest absolute Gasteiger partial charge is 0.326 e. The molecule has 3 aromatic rings. The molecule has 4 amide bonds. The minimum atomic E-state index is -1.56. The third kappa shape index (κ3) is 4.15. The van der Waals surface area contributed by atoms with Gasteiger partial charge in [-0.3, -0.25) is 14.5 Å². The van der Waals surface area contributed by atoms with E-state index in [1.165, 1.54) is 32.4 Å². The Morgan fingerprint density at radius 3 is 2.00 bits per heavy atom. The number of carbonyl (C=O) groups excluding carboxylic acids is 3. The number of ether oxygens (including phenoxy) is 2. The van der Waals surface area contributed by atoms with E-state index in [4.69, 9.17) is 9.47 Å². The highest BCUT2D eigenvalue weighted by molar-refractivity contribution is 6.12. The molecule has 1 saturated heterocycles. The Bertz CT molecular complexity index is 1180. The quantitative estimate of drug-likeness (QED) is 0.525. The van der Waals surface area contributed by atoms with E-state index in [1.54, 1.807) is 48.5 Å². The molecule has 2 N–H and O–H groups in total. The molecule has 0 unspecified atom stereocenters. The van der Waals surface area contributed by atoms with E-state index in [2.05, 4.69) is 10.6 Å². The van der Waals surface area contributed by atoms with Crippen molar-refractivity contribution < 1.29 is 28.2 Å². The van der Waals surface area contributed by atoms with Crippen molar-refractivity contribution in [2.24, 2.45) is 0 Å². The Morgan fingerprint density at radius 1 is 0.941 bits per heavy atom. The first kappa shape index (κ1) is 22.8. The van der Waals surface area contributed by atoms with Crippen molar-refractivity contribution >= 4 is 23.5 Å². The first-order valence-electron chi connectivity index (χ1n) is 10.4. The molecule has 4 rings (SSSR count). The summed E-state index contributed by atoms with van der Waals surface area (Å²) >= 11 is 0. The lowest BCUT2D eigenvalue weighted by Gasteiger charge is -2.28. The van der Waals surface area contributed by atoms with Crippen LogP contribution in [0, 0.1) is 5.82 Å².